The zero-order chi connectivity index (χ0) is 14.8. The van der Waals surface area contributed by atoms with Gasteiger partial charge in [-0.1, -0.05) is 6.07 Å². The van der Waals surface area contributed by atoms with Gasteiger partial charge >= 0.3 is 0 Å². The highest BCUT2D eigenvalue weighted by atomic mass is 16.3. The van der Waals surface area contributed by atoms with Crippen LogP contribution in [0.25, 0.3) is 0 Å². The Bertz CT molecular complexity index is 695. The second kappa shape index (κ2) is 5.58. The van der Waals surface area contributed by atoms with Crippen LogP contribution in [-0.4, -0.2) is 17.6 Å². The fourth-order valence-electron chi connectivity index (χ4n) is 2.60. The van der Waals surface area contributed by atoms with Crippen molar-refractivity contribution in [3.63, 3.8) is 0 Å². The van der Waals surface area contributed by atoms with Crippen molar-refractivity contribution in [3.8, 4) is 5.75 Å². The number of aryl methyl sites for hydroxylation is 1. The number of benzene rings is 2. The average Bonchev–Trinajstić information content (AvgIpc) is 2.49. The summed E-state index contributed by atoms with van der Waals surface area (Å²) in [4.78, 5) is 12.3. The maximum absolute atomic E-state index is 12.3. The van der Waals surface area contributed by atoms with Gasteiger partial charge in [0.1, 0.15) is 5.75 Å². The molecule has 2 aromatic carbocycles. The number of hydrogen-bond donors (Lipinski definition) is 3. The molecule has 0 aromatic heterocycles. The Labute approximate surface area is 123 Å². The van der Waals surface area contributed by atoms with Crippen molar-refractivity contribution in [2.75, 3.05) is 11.9 Å². The van der Waals surface area contributed by atoms with Crippen LogP contribution in [0.1, 0.15) is 27.0 Å². The van der Waals surface area contributed by atoms with Crippen molar-refractivity contribution in [3.05, 3.63) is 58.7 Å². The molecule has 21 heavy (non-hydrogen) atoms. The quantitative estimate of drug-likeness (QED) is 0.742. The summed E-state index contributed by atoms with van der Waals surface area (Å²) < 4.78 is 0. The van der Waals surface area contributed by atoms with Crippen molar-refractivity contribution in [2.24, 2.45) is 0 Å². The minimum Gasteiger partial charge on any atom is -0.508 e. The third kappa shape index (κ3) is 2.90. The van der Waals surface area contributed by atoms with Gasteiger partial charge in [-0.2, -0.15) is 0 Å². The van der Waals surface area contributed by atoms with Gasteiger partial charge in [-0.25, -0.2) is 0 Å². The predicted octanol–water partition coefficient (Wildman–Crippen LogP) is 2.60. The number of carbonyl (C=O) groups is 1. The van der Waals surface area contributed by atoms with E-state index in [0.29, 0.717) is 11.3 Å². The maximum atomic E-state index is 12.3. The lowest BCUT2D eigenvalue weighted by atomic mass is 9.98. The summed E-state index contributed by atoms with van der Waals surface area (Å²) in [6, 6.07) is 10.8. The summed E-state index contributed by atoms with van der Waals surface area (Å²) in [5.74, 6) is 0.0718. The van der Waals surface area contributed by atoms with Gasteiger partial charge in [0.2, 0.25) is 0 Å². The molecule has 1 amide bonds. The SMILES string of the molecule is Cc1cc(O)ccc1NC(=O)c1ccc2c(c1)CNCC2. The van der Waals surface area contributed by atoms with Crippen LogP contribution in [0.5, 0.6) is 5.75 Å². The van der Waals surface area contributed by atoms with Gasteiger partial charge in [0.15, 0.2) is 0 Å². The highest BCUT2D eigenvalue weighted by molar-refractivity contribution is 6.04. The Morgan fingerprint density at radius 3 is 2.86 bits per heavy atom. The first-order chi connectivity index (χ1) is 10.1. The zero-order valence-corrected chi connectivity index (χ0v) is 11.9. The number of phenols is 1. The molecule has 0 unspecified atom stereocenters. The molecule has 0 bridgehead atoms. The molecule has 1 aliphatic rings. The largest absolute Gasteiger partial charge is 0.508 e. The van der Waals surface area contributed by atoms with Crippen LogP contribution in [-0.2, 0) is 13.0 Å². The molecule has 0 radical (unpaired) electrons. The number of rotatable bonds is 2. The van der Waals surface area contributed by atoms with Crippen LogP contribution >= 0.6 is 0 Å². The second-order valence-electron chi connectivity index (χ2n) is 5.36. The summed E-state index contributed by atoms with van der Waals surface area (Å²) in [7, 11) is 0. The Hall–Kier alpha value is -2.33. The minimum atomic E-state index is -0.128. The number of amides is 1. The van der Waals surface area contributed by atoms with Gasteiger partial charge in [-0.05, 0) is 66.9 Å². The standard InChI is InChI=1S/C17H18N2O2/c1-11-8-15(20)4-5-16(11)19-17(21)13-3-2-12-6-7-18-10-14(12)9-13/h2-5,8-9,18,20H,6-7,10H2,1H3,(H,19,21). The molecule has 0 atom stereocenters. The third-order valence-electron chi connectivity index (χ3n) is 3.81. The molecule has 3 N–H and O–H groups in total. The molecule has 0 saturated carbocycles. The number of aromatic hydroxyl groups is 1. The number of anilines is 1. The number of carbonyl (C=O) groups excluding carboxylic acids is 1. The Kier molecular flexibility index (Phi) is 3.62. The van der Waals surface area contributed by atoms with Crippen LogP contribution in [0, 0.1) is 6.92 Å². The predicted molar refractivity (Wildman–Crippen MR) is 82.6 cm³/mol. The van der Waals surface area contributed by atoms with E-state index in [4.69, 9.17) is 0 Å². The first-order valence-corrected chi connectivity index (χ1v) is 7.07. The van der Waals surface area contributed by atoms with Gasteiger partial charge in [0.05, 0.1) is 0 Å². The summed E-state index contributed by atoms with van der Waals surface area (Å²) in [6.45, 7) is 3.66. The summed E-state index contributed by atoms with van der Waals surface area (Å²) >= 11 is 0. The van der Waals surface area contributed by atoms with Crippen molar-refractivity contribution in [1.82, 2.24) is 5.32 Å². The van der Waals surface area contributed by atoms with Crippen molar-refractivity contribution < 1.29 is 9.90 Å². The molecule has 0 saturated heterocycles. The molecule has 1 aliphatic heterocycles. The molecule has 4 heteroatoms. The monoisotopic (exact) mass is 282 g/mol. The van der Waals surface area contributed by atoms with Crippen LogP contribution in [0.3, 0.4) is 0 Å². The van der Waals surface area contributed by atoms with E-state index in [2.05, 4.69) is 10.6 Å². The lowest BCUT2D eigenvalue weighted by Crippen LogP contribution is -2.24. The van der Waals surface area contributed by atoms with Gasteiger partial charge in [0.25, 0.3) is 5.91 Å². The summed E-state index contributed by atoms with van der Waals surface area (Å²) in [5, 5.41) is 15.6. The first-order valence-electron chi connectivity index (χ1n) is 7.07. The van der Waals surface area contributed by atoms with E-state index < -0.39 is 0 Å². The molecule has 3 rings (SSSR count). The molecule has 108 valence electrons. The number of fused-ring (bicyclic) bond motifs is 1. The maximum Gasteiger partial charge on any atom is 0.255 e. The first kappa shape index (κ1) is 13.6. The lowest BCUT2D eigenvalue weighted by Gasteiger charge is -2.18. The normalized spacial score (nSPS) is 13.6. The highest BCUT2D eigenvalue weighted by Gasteiger charge is 2.13. The molecule has 4 nitrogen and oxygen atoms in total. The second-order valence-corrected chi connectivity index (χ2v) is 5.36. The average molecular weight is 282 g/mol. The van der Waals surface area contributed by atoms with E-state index in [0.717, 1.165) is 25.1 Å². The van der Waals surface area contributed by atoms with Crippen molar-refractivity contribution in [2.45, 2.75) is 19.9 Å². The summed E-state index contributed by atoms with van der Waals surface area (Å²) in [6.07, 6.45) is 1.01. The summed E-state index contributed by atoms with van der Waals surface area (Å²) in [5.41, 5.74) is 4.71. The number of hydrogen-bond acceptors (Lipinski definition) is 3. The smallest absolute Gasteiger partial charge is 0.255 e. The van der Waals surface area contributed by atoms with E-state index in [-0.39, 0.29) is 11.7 Å². The fourth-order valence-corrected chi connectivity index (χ4v) is 2.60. The van der Waals surface area contributed by atoms with Gasteiger partial charge in [-0.15, -0.1) is 0 Å². The molecular weight excluding hydrogens is 264 g/mol. The van der Waals surface area contributed by atoms with Crippen LogP contribution in [0.4, 0.5) is 5.69 Å². The van der Waals surface area contributed by atoms with Crippen molar-refractivity contribution in [1.29, 1.82) is 0 Å². The molecule has 0 aliphatic carbocycles. The highest BCUT2D eigenvalue weighted by Crippen LogP contribution is 2.22. The Morgan fingerprint density at radius 2 is 2.05 bits per heavy atom. The molecule has 0 spiro atoms. The molecule has 2 aromatic rings. The number of phenolic OH excluding ortho intramolecular Hbond substituents is 1. The molecular formula is C17H18N2O2. The van der Waals surface area contributed by atoms with Crippen LogP contribution in [0.2, 0.25) is 0 Å². The van der Waals surface area contributed by atoms with E-state index in [1.54, 1.807) is 18.2 Å². The molecule has 0 fully saturated rings. The van der Waals surface area contributed by atoms with E-state index >= 15 is 0 Å². The minimum absolute atomic E-state index is 0.128. The van der Waals surface area contributed by atoms with Gasteiger partial charge in [0, 0.05) is 17.8 Å². The topological polar surface area (TPSA) is 61.4 Å². The Balaban J connectivity index is 1.82. The van der Waals surface area contributed by atoms with Gasteiger partial charge < -0.3 is 15.7 Å². The van der Waals surface area contributed by atoms with Crippen LogP contribution in [0.15, 0.2) is 36.4 Å². The van der Waals surface area contributed by atoms with Crippen LogP contribution < -0.4 is 10.6 Å². The fraction of sp³-hybridized carbons (Fsp3) is 0.235. The zero-order valence-electron chi connectivity index (χ0n) is 11.9. The van der Waals surface area contributed by atoms with E-state index in [1.807, 2.05) is 25.1 Å². The lowest BCUT2D eigenvalue weighted by molar-refractivity contribution is 0.102. The van der Waals surface area contributed by atoms with Gasteiger partial charge in [-0.3, -0.25) is 4.79 Å². The van der Waals surface area contributed by atoms with Crippen molar-refractivity contribution >= 4 is 11.6 Å². The van der Waals surface area contributed by atoms with E-state index in [9.17, 15) is 9.90 Å². The Morgan fingerprint density at radius 1 is 1.19 bits per heavy atom. The third-order valence-corrected chi connectivity index (χ3v) is 3.81. The van der Waals surface area contributed by atoms with E-state index in [1.165, 1.54) is 11.1 Å². The molecule has 1 heterocycles. The number of nitrogens with one attached hydrogen (secondary N) is 2.